The normalized spacial score (nSPS) is 11.5. The average Bonchev–Trinajstić information content (AvgIpc) is 3.00. The van der Waals surface area contributed by atoms with Gasteiger partial charge in [-0.05, 0) is 23.3 Å². The zero-order valence-corrected chi connectivity index (χ0v) is 12.4. The maximum atomic E-state index is 2.26. The summed E-state index contributed by atoms with van der Waals surface area (Å²) in [6.45, 7) is 0. The van der Waals surface area contributed by atoms with Crippen molar-refractivity contribution in [3.05, 3.63) is 72.1 Å². The standard InChI is InChI=1S/C19H18N2/c1-20-12-14(16-7-3-5-9-18(16)20)11-15-13-21(2)19-10-6-4-8-17(15)19/h3-10,12-13H,11H2,1-2H3. The third kappa shape index (κ3) is 1.87. The lowest BCUT2D eigenvalue weighted by Crippen LogP contribution is -1.86. The highest BCUT2D eigenvalue weighted by Crippen LogP contribution is 2.27. The van der Waals surface area contributed by atoms with Crippen LogP contribution in [-0.4, -0.2) is 9.13 Å². The number of hydrogen-bond acceptors (Lipinski definition) is 0. The maximum absolute atomic E-state index is 2.26. The maximum Gasteiger partial charge on any atom is 0.0480 e. The Hall–Kier alpha value is -2.48. The molecule has 0 atom stereocenters. The van der Waals surface area contributed by atoms with Crippen molar-refractivity contribution < 1.29 is 0 Å². The molecule has 0 aliphatic rings. The summed E-state index contributed by atoms with van der Waals surface area (Å²) in [5.74, 6) is 0. The SMILES string of the molecule is Cn1cc(Cc2cn(C)c3ccccc23)c2ccccc21. The third-order valence-corrected chi connectivity index (χ3v) is 4.34. The number of aromatic nitrogens is 2. The third-order valence-electron chi connectivity index (χ3n) is 4.34. The molecule has 0 amide bonds. The van der Waals surface area contributed by atoms with Crippen molar-refractivity contribution in [1.29, 1.82) is 0 Å². The molecule has 2 heteroatoms. The van der Waals surface area contributed by atoms with Gasteiger partial charge in [0.05, 0.1) is 0 Å². The Balaban J connectivity index is 1.87. The molecule has 0 aliphatic carbocycles. The van der Waals surface area contributed by atoms with Gasteiger partial charge >= 0.3 is 0 Å². The fourth-order valence-corrected chi connectivity index (χ4v) is 3.34. The summed E-state index contributed by atoms with van der Waals surface area (Å²) in [5, 5.41) is 2.71. The van der Waals surface area contributed by atoms with Crippen LogP contribution in [0.3, 0.4) is 0 Å². The summed E-state index contributed by atoms with van der Waals surface area (Å²) in [7, 11) is 4.24. The molecule has 2 heterocycles. The Kier molecular flexibility index (Phi) is 2.64. The highest BCUT2D eigenvalue weighted by Gasteiger charge is 2.10. The van der Waals surface area contributed by atoms with Crippen LogP contribution in [0.5, 0.6) is 0 Å². The van der Waals surface area contributed by atoms with E-state index in [1.54, 1.807) is 0 Å². The van der Waals surface area contributed by atoms with Gasteiger partial charge in [-0.15, -0.1) is 0 Å². The van der Waals surface area contributed by atoms with Crippen molar-refractivity contribution in [3.8, 4) is 0 Å². The second kappa shape index (κ2) is 4.52. The molecule has 0 spiro atoms. The number of rotatable bonds is 2. The predicted molar refractivity (Wildman–Crippen MR) is 88.6 cm³/mol. The molecular weight excluding hydrogens is 256 g/mol. The Morgan fingerprint density at radius 1 is 0.667 bits per heavy atom. The highest BCUT2D eigenvalue weighted by molar-refractivity contribution is 5.87. The molecule has 4 aromatic rings. The monoisotopic (exact) mass is 274 g/mol. The largest absolute Gasteiger partial charge is 0.350 e. The first-order valence-electron chi connectivity index (χ1n) is 7.30. The van der Waals surface area contributed by atoms with E-state index in [1.165, 1.54) is 32.9 Å². The smallest absolute Gasteiger partial charge is 0.0480 e. The molecule has 104 valence electrons. The van der Waals surface area contributed by atoms with Crippen LogP contribution < -0.4 is 0 Å². The molecule has 0 aliphatic heterocycles. The molecule has 0 bridgehead atoms. The molecule has 0 unspecified atom stereocenters. The van der Waals surface area contributed by atoms with Gasteiger partial charge < -0.3 is 9.13 Å². The number of aryl methyl sites for hydroxylation is 2. The van der Waals surface area contributed by atoms with Crippen molar-refractivity contribution in [2.45, 2.75) is 6.42 Å². The number of hydrogen-bond donors (Lipinski definition) is 0. The zero-order chi connectivity index (χ0) is 14.4. The molecule has 0 radical (unpaired) electrons. The Morgan fingerprint density at radius 3 is 1.57 bits per heavy atom. The molecule has 2 aromatic heterocycles. The van der Waals surface area contributed by atoms with Crippen LogP contribution >= 0.6 is 0 Å². The van der Waals surface area contributed by atoms with Crippen molar-refractivity contribution >= 4 is 21.8 Å². The Bertz CT molecular complexity index is 863. The first-order chi connectivity index (χ1) is 10.2. The molecule has 0 N–H and O–H groups in total. The van der Waals surface area contributed by atoms with E-state index in [2.05, 4.69) is 84.2 Å². The van der Waals surface area contributed by atoms with Gasteiger partial charge in [0.2, 0.25) is 0 Å². The minimum absolute atomic E-state index is 0.975. The summed E-state index contributed by atoms with van der Waals surface area (Å²) in [6, 6.07) is 17.2. The van der Waals surface area contributed by atoms with Crippen LogP contribution in [0, 0.1) is 0 Å². The Labute approximate surface area is 124 Å². The number of nitrogens with zero attached hydrogens (tertiary/aromatic N) is 2. The molecular formula is C19H18N2. The summed E-state index contributed by atoms with van der Waals surface area (Å²) >= 11 is 0. The minimum atomic E-state index is 0.975. The van der Waals surface area contributed by atoms with E-state index in [-0.39, 0.29) is 0 Å². The van der Waals surface area contributed by atoms with E-state index in [4.69, 9.17) is 0 Å². The lowest BCUT2D eigenvalue weighted by atomic mass is 10.0. The summed E-state index contributed by atoms with van der Waals surface area (Å²) in [5.41, 5.74) is 5.38. The summed E-state index contributed by atoms with van der Waals surface area (Å²) in [6.07, 6.45) is 5.49. The number of benzene rings is 2. The molecule has 2 aromatic carbocycles. The highest BCUT2D eigenvalue weighted by atomic mass is 14.9. The number of para-hydroxylation sites is 2. The fourth-order valence-electron chi connectivity index (χ4n) is 3.34. The lowest BCUT2D eigenvalue weighted by Gasteiger charge is -1.98. The van der Waals surface area contributed by atoms with Crippen LogP contribution in [0.2, 0.25) is 0 Å². The fraction of sp³-hybridized carbons (Fsp3) is 0.158. The first kappa shape index (κ1) is 12.3. The zero-order valence-electron chi connectivity index (χ0n) is 12.4. The van der Waals surface area contributed by atoms with Crippen LogP contribution in [0.1, 0.15) is 11.1 Å². The molecule has 4 rings (SSSR count). The average molecular weight is 274 g/mol. The molecule has 2 nitrogen and oxygen atoms in total. The quantitative estimate of drug-likeness (QED) is 0.517. The molecule has 0 fully saturated rings. The second-order valence-electron chi connectivity index (χ2n) is 5.74. The first-order valence-corrected chi connectivity index (χ1v) is 7.30. The van der Waals surface area contributed by atoms with Crippen molar-refractivity contribution in [2.75, 3.05) is 0 Å². The van der Waals surface area contributed by atoms with Crippen molar-refractivity contribution in [1.82, 2.24) is 9.13 Å². The predicted octanol–water partition coefficient (Wildman–Crippen LogP) is 4.26. The van der Waals surface area contributed by atoms with Crippen LogP contribution in [0.4, 0.5) is 0 Å². The van der Waals surface area contributed by atoms with Crippen molar-refractivity contribution in [2.24, 2.45) is 14.1 Å². The molecule has 0 saturated heterocycles. The van der Waals surface area contributed by atoms with Gasteiger partial charge in [-0.1, -0.05) is 36.4 Å². The van der Waals surface area contributed by atoms with E-state index in [9.17, 15) is 0 Å². The van der Waals surface area contributed by atoms with E-state index < -0.39 is 0 Å². The number of fused-ring (bicyclic) bond motifs is 2. The van der Waals surface area contributed by atoms with Crippen LogP contribution in [-0.2, 0) is 20.5 Å². The van der Waals surface area contributed by atoms with Crippen molar-refractivity contribution in [3.63, 3.8) is 0 Å². The van der Waals surface area contributed by atoms with E-state index in [0.29, 0.717) is 0 Å². The van der Waals surface area contributed by atoms with Gasteiger partial charge in [0.1, 0.15) is 0 Å². The molecule has 21 heavy (non-hydrogen) atoms. The Morgan fingerprint density at radius 2 is 1.10 bits per heavy atom. The lowest BCUT2D eigenvalue weighted by molar-refractivity contribution is 0.948. The van der Waals surface area contributed by atoms with Crippen LogP contribution in [0.15, 0.2) is 60.9 Å². The van der Waals surface area contributed by atoms with Gasteiger partial charge in [0.15, 0.2) is 0 Å². The van der Waals surface area contributed by atoms with Gasteiger partial charge in [-0.3, -0.25) is 0 Å². The second-order valence-corrected chi connectivity index (χ2v) is 5.74. The van der Waals surface area contributed by atoms with Crippen LogP contribution in [0.25, 0.3) is 21.8 Å². The minimum Gasteiger partial charge on any atom is -0.350 e. The topological polar surface area (TPSA) is 9.86 Å². The summed E-state index contributed by atoms with van der Waals surface area (Å²) < 4.78 is 4.44. The molecule has 0 saturated carbocycles. The summed E-state index contributed by atoms with van der Waals surface area (Å²) in [4.78, 5) is 0. The van der Waals surface area contributed by atoms with Gasteiger partial charge in [-0.25, -0.2) is 0 Å². The van der Waals surface area contributed by atoms with Gasteiger partial charge in [-0.2, -0.15) is 0 Å². The van der Waals surface area contributed by atoms with E-state index in [0.717, 1.165) is 6.42 Å². The van der Waals surface area contributed by atoms with E-state index in [1.807, 2.05) is 0 Å². The van der Waals surface area contributed by atoms with E-state index >= 15 is 0 Å². The van der Waals surface area contributed by atoms with Gasteiger partial charge in [0.25, 0.3) is 0 Å². The van der Waals surface area contributed by atoms with Gasteiger partial charge in [0, 0.05) is 54.7 Å².